The monoisotopic (exact) mass is 387 g/mol. The van der Waals surface area contributed by atoms with Gasteiger partial charge in [-0.3, -0.25) is 4.79 Å². The summed E-state index contributed by atoms with van der Waals surface area (Å²) in [4.78, 5) is 29.4. The molecule has 0 saturated carbocycles. The molecule has 0 spiro atoms. The van der Waals surface area contributed by atoms with Crippen LogP contribution in [0.3, 0.4) is 0 Å². The standard InChI is InChI=1S/C22H17N3O4/c1-14-11-20(25-29-14)24-21(26)13-28-22(27)17-12-19(15-7-3-2-4-8-15)23-18-10-6-5-9-16(17)18/h2-12H,13H2,1H3,(H,24,25,26). The van der Waals surface area contributed by atoms with Crippen molar-refractivity contribution in [3.63, 3.8) is 0 Å². The minimum Gasteiger partial charge on any atom is -0.452 e. The van der Waals surface area contributed by atoms with Crippen molar-refractivity contribution in [3.05, 3.63) is 78.1 Å². The molecule has 4 rings (SSSR count). The third kappa shape index (κ3) is 4.14. The predicted octanol–water partition coefficient (Wildman–Crippen LogP) is 3.99. The van der Waals surface area contributed by atoms with E-state index in [4.69, 9.17) is 9.26 Å². The van der Waals surface area contributed by atoms with E-state index in [1.165, 1.54) is 0 Å². The van der Waals surface area contributed by atoms with E-state index in [2.05, 4.69) is 15.5 Å². The fourth-order valence-electron chi connectivity index (χ4n) is 2.91. The number of aromatic nitrogens is 2. The fourth-order valence-corrected chi connectivity index (χ4v) is 2.91. The van der Waals surface area contributed by atoms with Gasteiger partial charge in [0.1, 0.15) is 5.76 Å². The Morgan fingerprint density at radius 1 is 1.03 bits per heavy atom. The molecule has 2 aromatic carbocycles. The molecule has 0 aliphatic carbocycles. The van der Waals surface area contributed by atoms with Crippen molar-refractivity contribution >= 4 is 28.6 Å². The van der Waals surface area contributed by atoms with Crippen molar-refractivity contribution in [2.24, 2.45) is 0 Å². The molecule has 2 aromatic heterocycles. The number of aryl methyl sites for hydroxylation is 1. The van der Waals surface area contributed by atoms with Crippen molar-refractivity contribution in [1.82, 2.24) is 10.1 Å². The number of fused-ring (bicyclic) bond motifs is 1. The van der Waals surface area contributed by atoms with E-state index < -0.39 is 18.5 Å². The van der Waals surface area contributed by atoms with Gasteiger partial charge in [-0.2, -0.15) is 0 Å². The van der Waals surface area contributed by atoms with E-state index >= 15 is 0 Å². The second kappa shape index (κ2) is 7.93. The Morgan fingerprint density at radius 3 is 2.55 bits per heavy atom. The summed E-state index contributed by atoms with van der Waals surface area (Å²) < 4.78 is 10.1. The van der Waals surface area contributed by atoms with Crippen LogP contribution in [0, 0.1) is 6.92 Å². The second-order valence-corrected chi connectivity index (χ2v) is 6.39. The molecule has 7 heteroatoms. The van der Waals surface area contributed by atoms with Crippen molar-refractivity contribution in [2.45, 2.75) is 6.92 Å². The van der Waals surface area contributed by atoms with Crippen LogP contribution in [0.15, 0.2) is 71.3 Å². The fraction of sp³-hybridized carbons (Fsp3) is 0.0909. The lowest BCUT2D eigenvalue weighted by atomic mass is 10.0. The Morgan fingerprint density at radius 2 is 1.79 bits per heavy atom. The summed E-state index contributed by atoms with van der Waals surface area (Å²) >= 11 is 0. The molecule has 1 amide bonds. The minimum atomic E-state index is -0.604. The number of amides is 1. The number of nitrogens with zero attached hydrogens (tertiary/aromatic N) is 2. The maximum atomic E-state index is 12.7. The van der Waals surface area contributed by atoms with Gasteiger partial charge in [0.25, 0.3) is 5.91 Å². The molecule has 0 radical (unpaired) electrons. The van der Waals surface area contributed by atoms with E-state index in [-0.39, 0.29) is 5.82 Å². The third-order valence-electron chi connectivity index (χ3n) is 4.24. The Labute approximate surface area is 166 Å². The molecule has 7 nitrogen and oxygen atoms in total. The van der Waals surface area contributed by atoms with Crippen molar-refractivity contribution in [1.29, 1.82) is 0 Å². The van der Waals surface area contributed by atoms with E-state index in [1.54, 1.807) is 25.1 Å². The topological polar surface area (TPSA) is 94.3 Å². The number of ether oxygens (including phenoxy) is 1. The molecule has 29 heavy (non-hydrogen) atoms. The molecule has 0 fully saturated rings. The maximum Gasteiger partial charge on any atom is 0.339 e. The molecule has 0 aliphatic rings. The van der Waals surface area contributed by atoms with Crippen LogP contribution >= 0.6 is 0 Å². The number of esters is 1. The molecule has 1 N–H and O–H groups in total. The zero-order valence-corrected chi connectivity index (χ0v) is 15.6. The number of hydrogen-bond acceptors (Lipinski definition) is 6. The Bertz CT molecular complexity index is 1190. The molecule has 4 aromatic rings. The zero-order chi connectivity index (χ0) is 20.2. The number of benzene rings is 2. The van der Waals surface area contributed by atoms with Crippen LogP contribution in [-0.2, 0) is 9.53 Å². The molecule has 0 saturated heterocycles. The quantitative estimate of drug-likeness (QED) is 0.520. The summed E-state index contributed by atoms with van der Waals surface area (Å²) in [7, 11) is 0. The average molecular weight is 387 g/mol. The highest BCUT2D eigenvalue weighted by Gasteiger charge is 2.17. The van der Waals surface area contributed by atoms with Gasteiger partial charge in [0.2, 0.25) is 0 Å². The molecule has 0 aliphatic heterocycles. The average Bonchev–Trinajstić information content (AvgIpc) is 3.16. The van der Waals surface area contributed by atoms with Crippen LogP contribution in [0.1, 0.15) is 16.1 Å². The Hall–Kier alpha value is -4.00. The number of carbonyl (C=O) groups is 2. The van der Waals surface area contributed by atoms with Crippen LogP contribution < -0.4 is 5.32 Å². The van der Waals surface area contributed by atoms with Gasteiger partial charge in [0, 0.05) is 17.0 Å². The summed E-state index contributed by atoms with van der Waals surface area (Å²) in [6, 6.07) is 20.1. The van der Waals surface area contributed by atoms with Gasteiger partial charge >= 0.3 is 5.97 Å². The number of hydrogen-bond donors (Lipinski definition) is 1. The molecule has 0 bridgehead atoms. The van der Waals surface area contributed by atoms with Crippen LogP contribution in [-0.4, -0.2) is 28.6 Å². The number of pyridine rings is 1. The van der Waals surface area contributed by atoms with E-state index in [1.807, 2.05) is 48.5 Å². The van der Waals surface area contributed by atoms with E-state index in [0.29, 0.717) is 27.9 Å². The first-order chi connectivity index (χ1) is 14.1. The van der Waals surface area contributed by atoms with Gasteiger partial charge < -0.3 is 14.6 Å². The number of carbonyl (C=O) groups excluding carboxylic acids is 2. The van der Waals surface area contributed by atoms with Crippen LogP contribution in [0.2, 0.25) is 0 Å². The lowest BCUT2D eigenvalue weighted by molar-refractivity contribution is -0.119. The first-order valence-corrected chi connectivity index (χ1v) is 8.95. The Kier molecular flexibility index (Phi) is 5.03. The van der Waals surface area contributed by atoms with Crippen molar-refractivity contribution < 1.29 is 18.8 Å². The van der Waals surface area contributed by atoms with Crippen LogP contribution in [0.5, 0.6) is 0 Å². The van der Waals surface area contributed by atoms with Gasteiger partial charge in [0.05, 0.1) is 16.8 Å². The predicted molar refractivity (Wildman–Crippen MR) is 107 cm³/mol. The largest absolute Gasteiger partial charge is 0.452 e. The highest BCUT2D eigenvalue weighted by atomic mass is 16.5. The maximum absolute atomic E-state index is 12.7. The highest BCUT2D eigenvalue weighted by molar-refractivity contribution is 6.05. The van der Waals surface area contributed by atoms with Gasteiger partial charge in [-0.15, -0.1) is 0 Å². The first-order valence-electron chi connectivity index (χ1n) is 8.95. The number of nitrogens with one attached hydrogen (secondary N) is 1. The molecule has 0 unspecified atom stereocenters. The number of anilines is 1. The SMILES string of the molecule is Cc1cc(NC(=O)COC(=O)c2cc(-c3ccccc3)nc3ccccc23)no1. The van der Waals surface area contributed by atoms with Gasteiger partial charge in [0.15, 0.2) is 12.4 Å². The first kappa shape index (κ1) is 18.4. The summed E-state index contributed by atoms with van der Waals surface area (Å²) in [5.74, 6) is -0.279. The number of para-hydroxylation sites is 1. The number of rotatable bonds is 5. The molecule has 0 atom stereocenters. The third-order valence-corrected chi connectivity index (χ3v) is 4.24. The summed E-state index contributed by atoms with van der Waals surface area (Å²) in [5.41, 5.74) is 2.55. The van der Waals surface area contributed by atoms with Crippen LogP contribution in [0.4, 0.5) is 5.82 Å². The summed E-state index contributed by atoms with van der Waals surface area (Å²) in [6.45, 7) is 1.27. The molecule has 144 valence electrons. The van der Waals surface area contributed by atoms with Gasteiger partial charge in [-0.25, -0.2) is 9.78 Å². The van der Waals surface area contributed by atoms with E-state index in [0.717, 1.165) is 5.56 Å². The molecule has 2 heterocycles. The van der Waals surface area contributed by atoms with E-state index in [9.17, 15) is 9.59 Å². The van der Waals surface area contributed by atoms with Crippen molar-refractivity contribution in [2.75, 3.05) is 11.9 Å². The van der Waals surface area contributed by atoms with Gasteiger partial charge in [-0.1, -0.05) is 53.7 Å². The minimum absolute atomic E-state index is 0.268. The van der Waals surface area contributed by atoms with Crippen molar-refractivity contribution in [3.8, 4) is 11.3 Å². The smallest absolute Gasteiger partial charge is 0.339 e. The summed E-state index contributed by atoms with van der Waals surface area (Å²) in [6.07, 6.45) is 0. The lowest BCUT2D eigenvalue weighted by Gasteiger charge is -2.10. The highest BCUT2D eigenvalue weighted by Crippen LogP contribution is 2.25. The van der Waals surface area contributed by atoms with Crippen LogP contribution in [0.25, 0.3) is 22.2 Å². The summed E-state index contributed by atoms with van der Waals surface area (Å²) in [5, 5.41) is 6.84. The zero-order valence-electron chi connectivity index (χ0n) is 15.6. The normalized spacial score (nSPS) is 10.7. The lowest BCUT2D eigenvalue weighted by Crippen LogP contribution is -2.21. The molecular formula is C22H17N3O4. The van der Waals surface area contributed by atoms with Gasteiger partial charge in [-0.05, 0) is 19.1 Å². The second-order valence-electron chi connectivity index (χ2n) is 6.39. The Balaban J connectivity index is 1.57. The molecular weight excluding hydrogens is 370 g/mol.